The Morgan fingerprint density at radius 1 is 1.39 bits per heavy atom. The summed E-state index contributed by atoms with van der Waals surface area (Å²) in [5, 5.41) is 12.7. The lowest BCUT2D eigenvalue weighted by molar-refractivity contribution is 0.0210. The first-order valence-electron chi connectivity index (χ1n) is 7.63. The van der Waals surface area contributed by atoms with Gasteiger partial charge in [-0.05, 0) is 33.6 Å². The van der Waals surface area contributed by atoms with Crippen LogP contribution < -0.4 is 10.1 Å². The number of rotatable bonds is 3. The lowest BCUT2D eigenvalue weighted by Gasteiger charge is -2.33. The van der Waals surface area contributed by atoms with Gasteiger partial charge in [0.05, 0.1) is 13.3 Å². The number of hydrogen-bond acceptors (Lipinski definition) is 7. The van der Waals surface area contributed by atoms with Crippen molar-refractivity contribution < 1.29 is 19.4 Å². The fourth-order valence-electron chi connectivity index (χ4n) is 2.30. The third-order valence-electron chi connectivity index (χ3n) is 3.41. The molecule has 1 amide bonds. The minimum Gasteiger partial charge on any atom is -0.502 e. The monoisotopic (exact) mass is 324 g/mol. The number of amides is 1. The van der Waals surface area contributed by atoms with Gasteiger partial charge in [0.1, 0.15) is 5.60 Å². The van der Waals surface area contributed by atoms with Crippen LogP contribution in [0.3, 0.4) is 0 Å². The van der Waals surface area contributed by atoms with E-state index in [2.05, 4.69) is 15.3 Å². The maximum atomic E-state index is 12.0. The first-order chi connectivity index (χ1) is 10.8. The Balaban J connectivity index is 1.86. The number of nitrogens with one attached hydrogen (secondary N) is 1. The molecule has 0 aromatic carbocycles. The molecular formula is C15H24N4O4. The summed E-state index contributed by atoms with van der Waals surface area (Å²) in [6, 6.07) is 0.155. The zero-order valence-corrected chi connectivity index (χ0v) is 14.0. The molecule has 1 aromatic rings. The van der Waals surface area contributed by atoms with E-state index in [9.17, 15) is 9.90 Å². The molecule has 0 aliphatic carbocycles. The molecule has 2 rings (SSSR count). The molecule has 1 fully saturated rings. The topological polar surface area (TPSA) is 96.8 Å². The average Bonchev–Trinajstić information content (AvgIpc) is 2.48. The van der Waals surface area contributed by atoms with Crippen molar-refractivity contribution in [2.24, 2.45) is 0 Å². The van der Waals surface area contributed by atoms with Crippen molar-refractivity contribution in [2.45, 2.75) is 45.3 Å². The van der Waals surface area contributed by atoms with Crippen LogP contribution in [0.15, 0.2) is 6.20 Å². The molecule has 0 bridgehead atoms. The minimum absolute atomic E-state index is 0.0993. The quantitative estimate of drug-likeness (QED) is 0.877. The molecule has 1 aliphatic rings. The molecule has 0 atom stereocenters. The van der Waals surface area contributed by atoms with E-state index >= 15 is 0 Å². The Morgan fingerprint density at radius 2 is 2.04 bits per heavy atom. The second kappa shape index (κ2) is 6.89. The molecule has 128 valence electrons. The van der Waals surface area contributed by atoms with E-state index in [1.54, 1.807) is 4.90 Å². The molecule has 23 heavy (non-hydrogen) atoms. The van der Waals surface area contributed by atoms with Crippen LogP contribution in [-0.4, -0.2) is 57.9 Å². The standard InChI is InChI=1S/C15H24N4O4/c1-15(2,3)23-14(21)19-7-5-10(6-8-19)17-13-16-9-11(20)12(18-13)22-4/h9-10,20H,5-8H2,1-4H3,(H,16,17,18). The summed E-state index contributed by atoms with van der Waals surface area (Å²) in [7, 11) is 1.44. The number of aromatic hydroxyl groups is 1. The van der Waals surface area contributed by atoms with Crippen molar-refractivity contribution in [3.63, 3.8) is 0 Å². The number of carbonyl (C=O) groups is 1. The zero-order chi connectivity index (χ0) is 17.0. The van der Waals surface area contributed by atoms with Crippen molar-refractivity contribution in [1.29, 1.82) is 0 Å². The fraction of sp³-hybridized carbons (Fsp3) is 0.667. The molecule has 1 aromatic heterocycles. The number of ether oxygens (including phenoxy) is 2. The average molecular weight is 324 g/mol. The molecule has 0 spiro atoms. The fourth-order valence-corrected chi connectivity index (χ4v) is 2.30. The summed E-state index contributed by atoms with van der Waals surface area (Å²) in [6.07, 6.45) is 2.56. The summed E-state index contributed by atoms with van der Waals surface area (Å²) in [4.78, 5) is 21.8. The predicted octanol–water partition coefficient (Wildman–Crippen LogP) is 2.00. The number of carbonyl (C=O) groups excluding carboxylic acids is 1. The van der Waals surface area contributed by atoms with Crippen LogP contribution in [0.4, 0.5) is 10.7 Å². The second-order valence-corrected chi connectivity index (χ2v) is 6.47. The number of piperidine rings is 1. The third kappa shape index (κ3) is 4.87. The van der Waals surface area contributed by atoms with Crippen LogP contribution in [0, 0.1) is 0 Å². The molecular weight excluding hydrogens is 300 g/mol. The van der Waals surface area contributed by atoms with Crippen LogP contribution >= 0.6 is 0 Å². The number of methoxy groups -OCH3 is 1. The van der Waals surface area contributed by atoms with Crippen molar-refractivity contribution in [3.05, 3.63) is 6.20 Å². The van der Waals surface area contributed by atoms with Gasteiger partial charge in [-0.15, -0.1) is 0 Å². The van der Waals surface area contributed by atoms with E-state index in [1.807, 2.05) is 20.8 Å². The summed E-state index contributed by atoms with van der Waals surface area (Å²) in [6.45, 7) is 6.79. The number of nitrogens with zero attached hydrogens (tertiary/aromatic N) is 3. The highest BCUT2D eigenvalue weighted by atomic mass is 16.6. The van der Waals surface area contributed by atoms with Gasteiger partial charge in [-0.25, -0.2) is 9.78 Å². The van der Waals surface area contributed by atoms with Gasteiger partial charge in [0.2, 0.25) is 5.95 Å². The van der Waals surface area contributed by atoms with Crippen molar-refractivity contribution in [1.82, 2.24) is 14.9 Å². The maximum absolute atomic E-state index is 12.0. The van der Waals surface area contributed by atoms with Gasteiger partial charge in [-0.1, -0.05) is 0 Å². The predicted molar refractivity (Wildman–Crippen MR) is 84.7 cm³/mol. The highest BCUT2D eigenvalue weighted by Crippen LogP contribution is 2.23. The Labute approximate surface area is 135 Å². The number of likely N-dealkylation sites (tertiary alicyclic amines) is 1. The smallest absolute Gasteiger partial charge is 0.410 e. The first kappa shape index (κ1) is 17.1. The Kier molecular flexibility index (Phi) is 5.12. The number of aromatic nitrogens is 2. The normalized spacial score (nSPS) is 16.1. The summed E-state index contributed by atoms with van der Waals surface area (Å²) >= 11 is 0. The van der Waals surface area contributed by atoms with Gasteiger partial charge in [0.15, 0.2) is 5.75 Å². The van der Waals surface area contributed by atoms with Gasteiger partial charge < -0.3 is 24.8 Å². The second-order valence-electron chi connectivity index (χ2n) is 6.47. The van der Waals surface area contributed by atoms with Gasteiger partial charge in [-0.2, -0.15) is 4.98 Å². The van der Waals surface area contributed by atoms with E-state index in [4.69, 9.17) is 9.47 Å². The molecule has 2 heterocycles. The lowest BCUT2D eigenvalue weighted by Crippen LogP contribution is -2.44. The Bertz CT molecular complexity index is 551. The molecule has 2 N–H and O–H groups in total. The molecule has 0 unspecified atom stereocenters. The van der Waals surface area contributed by atoms with Gasteiger partial charge in [0, 0.05) is 19.1 Å². The lowest BCUT2D eigenvalue weighted by atomic mass is 10.1. The molecule has 0 radical (unpaired) electrons. The number of hydrogen-bond donors (Lipinski definition) is 2. The largest absolute Gasteiger partial charge is 0.502 e. The minimum atomic E-state index is -0.484. The van der Waals surface area contributed by atoms with Gasteiger partial charge >= 0.3 is 6.09 Å². The summed E-state index contributed by atoms with van der Waals surface area (Å²) < 4.78 is 10.3. The molecule has 8 heteroatoms. The van der Waals surface area contributed by atoms with Gasteiger partial charge in [-0.3, -0.25) is 0 Å². The van der Waals surface area contributed by atoms with E-state index in [-0.39, 0.29) is 23.8 Å². The van der Waals surface area contributed by atoms with E-state index in [1.165, 1.54) is 13.3 Å². The Morgan fingerprint density at radius 3 is 2.61 bits per heavy atom. The van der Waals surface area contributed by atoms with Crippen LogP contribution in [0.1, 0.15) is 33.6 Å². The first-order valence-corrected chi connectivity index (χ1v) is 7.63. The molecule has 8 nitrogen and oxygen atoms in total. The van der Waals surface area contributed by atoms with Crippen molar-refractivity contribution in [3.8, 4) is 11.6 Å². The number of anilines is 1. The highest BCUT2D eigenvalue weighted by Gasteiger charge is 2.27. The Hall–Kier alpha value is -2.25. The summed E-state index contributed by atoms with van der Waals surface area (Å²) in [5.74, 6) is 0.432. The van der Waals surface area contributed by atoms with E-state index < -0.39 is 5.60 Å². The van der Waals surface area contributed by atoms with Crippen molar-refractivity contribution >= 4 is 12.0 Å². The highest BCUT2D eigenvalue weighted by molar-refractivity contribution is 5.68. The van der Waals surface area contributed by atoms with Gasteiger partial charge in [0.25, 0.3) is 5.88 Å². The van der Waals surface area contributed by atoms with Crippen molar-refractivity contribution in [2.75, 3.05) is 25.5 Å². The van der Waals surface area contributed by atoms with Crippen LogP contribution in [0.5, 0.6) is 11.6 Å². The molecule has 1 aliphatic heterocycles. The van der Waals surface area contributed by atoms with E-state index in [0.29, 0.717) is 19.0 Å². The molecule has 1 saturated heterocycles. The third-order valence-corrected chi connectivity index (χ3v) is 3.41. The zero-order valence-electron chi connectivity index (χ0n) is 14.0. The van der Waals surface area contributed by atoms with E-state index in [0.717, 1.165) is 12.8 Å². The summed E-state index contributed by atoms with van der Waals surface area (Å²) in [5.41, 5.74) is -0.484. The van der Waals surface area contributed by atoms with Crippen LogP contribution in [-0.2, 0) is 4.74 Å². The molecule has 0 saturated carbocycles. The van der Waals surface area contributed by atoms with Crippen LogP contribution in [0.2, 0.25) is 0 Å². The van der Waals surface area contributed by atoms with Crippen LogP contribution in [0.25, 0.3) is 0 Å². The maximum Gasteiger partial charge on any atom is 0.410 e. The SMILES string of the molecule is COc1nc(NC2CCN(C(=O)OC(C)(C)C)CC2)ncc1O.